The van der Waals surface area contributed by atoms with Gasteiger partial charge in [0, 0.05) is 23.0 Å². The first kappa shape index (κ1) is 15.3. The van der Waals surface area contributed by atoms with Crippen LogP contribution in [-0.2, 0) is 5.75 Å². The monoisotopic (exact) mass is 354 g/mol. The third-order valence-corrected chi connectivity index (χ3v) is 5.31. The van der Waals surface area contributed by atoms with Crippen molar-refractivity contribution in [1.29, 1.82) is 0 Å². The Kier molecular flexibility index (Phi) is 4.04. The fourth-order valence-electron chi connectivity index (χ4n) is 2.46. The predicted molar refractivity (Wildman–Crippen MR) is 99.0 cm³/mol. The fourth-order valence-corrected chi connectivity index (χ4v) is 3.69. The zero-order valence-corrected chi connectivity index (χ0v) is 14.6. The van der Waals surface area contributed by atoms with E-state index in [9.17, 15) is 0 Å². The molecule has 6 heteroatoms. The number of H-pyrrole nitrogens is 1. The predicted octanol–water partition coefficient (Wildman–Crippen LogP) is 5.00. The van der Waals surface area contributed by atoms with Crippen LogP contribution in [0.15, 0.2) is 59.8 Å². The standard InChI is InChI=1S/C18H15ClN4S/c1-12-3-5-13(6-4-12)11-24-17-10-16-15(9-14(17)19)21-18(22-16)23-8-2-7-20-23/h2-10H,11H2,1H3,(H,21,22). The highest BCUT2D eigenvalue weighted by Crippen LogP contribution is 2.33. The summed E-state index contributed by atoms with van der Waals surface area (Å²) in [6, 6.07) is 14.4. The van der Waals surface area contributed by atoms with Crippen LogP contribution < -0.4 is 0 Å². The second-order valence-electron chi connectivity index (χ2n) is 5.59. The van der Waals surface area contributed by atoms with Crippen LogP contribution in [0.2, 0.25) is 5.02 Å². The van der Waals surface area contributed by atoms with Crippen LogP contribution in [0.4, 0.5) is 0 Å². The maximum atomic E-state index is 6.44. The van der Waals surface area contributed by atoms with Crippen molar-refractivity contribution in [3.63, 3.8) is 0 Å². The minimum Gasteiger partial charge on any atom is -0.322 e. The molecule has 1 N–H and O–H groups in total. The first-order valence-corrected chi connectivity index (χ1v) is 8.93. The van der Waals surface area contributed by atoms with E-state index in [-0.39, 0.29) is 0 Å². The van der Waals surface area contributed by atoms with Gasteiger partial charge in [-0.05, 0) is 30.7 Å². The van der Waals surface area contributed by atoms with Crippen LogP contribution in [0.25, 0.3) is 17.0 Å². The number of halogens is 1. The second kappa shape index (κ2) is 6.34. The number of aromatic amines is 1. The van der Waals surface area contributed by atoms with Gasteiger partial charge in [-0.3, -0.25) is 0 Å². The minimum atomic E-state index is 0.687. The normalized spacial score (nSPS) is 11.2. The number of thioether (sulfide) groups is 1. The van der Waals surface area contributed by atoms with Gasteiger partial charge in [-0.15, -0.1) is 11.8 Å². The molecule has 4 nitrogen and oxygen atoms in total. The molecule has 0 aliphatic carbocycles. The van der Waals surface area contributed by atoms with E-state index in [1.54, 1.807) is 22.6 Å². The molecule has 0 unspecified atom stereocenters. The number of aromatic nitrogens is 4. The van der Waals surface area contributed by atoms with E-state index < -0.39 is 0 Å². The van der Waals surface area contributed by atoms with Gasteiger partial charge in [0.2, 0.25) is 5.95 Å². The van der Waals surface area contributed by atoms with Gasteiger partial charge in [0.1, 0.15) is 0 Å². The maximum Gasteiger partial charge on any atom is 0.229 e. The van der Waals surface area contributed by atoms with Crippen molar-refractivity contribution in [2.75, 3.05) is 0 Å². The molecule has 120 valence electrons. The average Bonchev–Trinajstić information content (AvgIpc) is 3.23. The molecule has 0 saturated carbocycles. The summed E-state index contributed by atoms with van der Waals surface area (Å²) in [5.74, 6) is 1.56. The molecule has 0 fully saturated rings. The van der Waals surface area contributed by atoms with Crippen LogP contribution >= 0.6 is 23.4 Å². The van der Waals surface area contributed by atoms with E-state index in [4.69, 9.17) is 11.6 Å². The molecule has 0 spiro atoms. The largest absolute Gasteiger partial charge is 0.322 e. The molecule has 0 amide bonds. The molecule has 4 rings (SSSR count). The van der Waals surface area contributed by atoms with E-state index in [0.29, 0.717) is 5.95 Å². The van der Waals surface area contributed by atoms with Gasteiger partial charge >= 0.3 is 0 Å². The number of imidazole rings is 1. The summed E-state index contributed by atoms with van der Waals surface area (Å²) in [6.07, 6.45) is 3.58. The molecule has 24 heavy (non-hydrogen) atoms. The topological polar surface area (TPSA) is 46.5 Å². The number of nitrogens with one attached hydrogen (secondary N) is 1. The van der Waals surface area contributed by atoms with Crippen LogP contribution in [0, 0.1) is 6.92 Å². The number of hydrogen-bond donors (Lipinski definition) is 1. The smallest absolute Gasteiger partial charge is 0.229 e. The lowest BCUT2D eigenvalue weighted by atomic mass is 10.2. The number of hydrogen-bond acceptors (Lipinski definition) is 3. The highest BCUT2D eigenvalue weighted by atomic mass is 35.5. The minimum absolute atomic E-state index is 0.687. The van der Waals surface area contributed by atoms with Crippen LogP contribution in [0.3, 0.4) is 0 Å². The molecule has 0 atom stereocenters. The molecular weight excluding hydrogens is 340 g/mol. The molecule has 2 heterocycles. The number of benzene rings is 2. The zero-order chi connectivity index (χ0) is 16.5. The second-order valence-corrected chi connectivity index (χ2v) is 7.01. The Morgan fingerprint density at radius 2 is 2.04 bits per heavy atom. The van der Waals surface area contributed by atoms with E-state index in [2.05, 4.69) is 46.3 Å². The highest BCUT2D eigenvalue weighted by molar-refractivity contribution is 7.98. The lowest BCUT2D eigenvalue weighted by Gasteiger charge is -2.05. The van der Waals surface area contributed by atoms with Gasteiger partial charge in [0.15, 0.2) is 0 Å². The summed E-state index contributed by atoms with van der Waals surface area (Å²) in [4.78, 5) is 8.87. The van der Waals surface area contributed by atoms with Crippen molar-refractivity contribution >= 4 is 34.4 Å². The van der Waals surface area contributed by atoms with Crippen molar-refractivity contribution in [2.45, 2.75) is 17.6 Å². The number of nitrogens with zero attached hydrogens (tertiary/aromatic N) is 3. The number of fused-ring (bicyclic) bond motifs is 1. The van der Waals surface area contributed by atoms with Crippen molar-refractivity contribution in [3.05, 3.63) is 71.0 Å². The number of rotatable bonds is 4. The summed E-state index contributed by atoms with van der Waals surface area (Å²) in [5.41, 5.74) is 4.34. The van der Waals surface area contributed by atoms with Gasteiger partial charge in [0.05, 0.1) is 16.1 Å². The van der Waals surface area contributed by atoms with Gasteiger partial charge in [0.25, 0.3) is 0 Å². The first-order valence-electron chi connectivity index (χ1n) is 7.57. The van der Waals surface area contributed by atoms with Gasteiger partial charge < -0.3 is 4.98 Å². The van der Waals surface area contributed by atoms with Crippen molar-refractivity contribution in [2.24, 2.45) is 0 Å². The summed E-state index contributed by atoms with van der Waals surface area (Å²) in [6.45, 7) is 2.09. The third-order valence-electron chi connectivity index (χ3n) is 3.76. The zero-order valence-electron chi connectivity index (χ0n) is 13.0. The highest BCUT2D eigenvalue weighted by Gasteiger charge is 2.10. The molecule has 2 aromatic carbocycles. The third kappa shape index (κ3) is 3.05. The summed E-state index contributed by atoms with van der Waals surface area (Å²) >= 11 is 8.16. The lowest BCUT2D eigenvalue weighted by Crippen LogP contribution is -1.95. The summed E-state index contributed by atoms with van der Waals surface area (Å²) < 4.78 is 1.70. The number of aryl methyl sites for hydroxylation is 1. The first-order chi connectivity index (χ1) is 11.7. The van der Waals surface area contributed by atoms with Crippen LogP contribution in [0.1, 0.15) is 11.1 Å². The van der Waals surface area contributed by atoms with Crippen molar-refractivity contribution < 1.29 is 0 Å². The molecule has 0 saturated heterocycles. The Bertz CT molecular complexity index is 974. The quantitative estimate of drug-likeness (QED) is 0.524. The molecule has 0 radical (unpaired) electrons. The molecular formula is C18H15ClN4S. The van der Waals surface area contributed by atoms with Crippen molar-refractivity contribution in [3.8, 4) is 5.95 Å². The van der Waals surface area contributed by atoms with Gasteiger partial charge in [-0.1, -0.05) is 41.4 Å². The fraction of sp³-hybridized carbons (Fsp3) is 0.111. The molecule has 4 aromatic rings. The summed E-state index contributed by atoms with van der Waals surface area (Å²) in [7, 11) is 0. The van der Waals surface area contributed by atoms with Gasteiger partial charge in [-0.2, -0.15) is 5.10 Å². The maximum absolute atomic E-state index is 6.44. The van der Waals surface area contributed by atoms with Gasteiger partial charge in [-0.25, -0.2) is 9.67 Å². The Labute approximate surface area is 148 Å². The van der Waals surface area contributed by atoms with Crippen molar-refractivity contribution in [1.82, 2.24) is 19.7 Å². The Morgan fingerprint density at radius 3 is 2.79 bits per heavy atom. The van der Waals surface area contributed by atoms with E-state index in [1.165, 1.54) is 11.1 Å². The Balaban J connectivity index is 1.61. The Hall–Kier alpha value is -2.24. The van der Waals surface area contributed by atoms with E-state index in [0.717, 1.165) is 26.7 Å². The molecule has 0 aliphatic heterocycles. The molecule has 0 aliphatic rings. The molecule has 2 aromatic heterocycles. The SMILES string of the molecule is Cc1ccc(CSc2cc3nc(-n4cccn4)[nH]c3cc2Cl)cc1. The summed E-state index contributed by atoms with van der Waals surface area (Å²) in [5, 5.41) is 4.93. The lowest BCUT2D eigenvalue weighted by molar-refractivity contribution is 0.829. The molecule has 0 bridgehead atoms. The van der Waals surface area contributed by atoms with Crippen LogP contribution in [-0.4, -0.2) is 19.7 Å². The Morgan fingerprint density at radius 1 is 1.21 bits per heavy atom. The van der Waals surface area contributed by atoms with Crippen LogP contribution in [0.5, 0.6) is 0 Å². The van der Waals surface area contributed by atoms with E-state index >= 15 is 0 Å². The van der Waals surface area contributed by atoms with E-state index in [1.807, 2.05) is 24.4 Å². The average molecular weight is 355 g/mol.